The monoisotopic (exact) mass is 278 g/mol. The molecule has 3 heteroatoms. The van der Waals surface area contributed by atoms with Crippen molar-refractivity contribution >= 4 is 22.1 Å². The fourth-order valence-electron chi connectivity index (χ4n) is 1.85. The van der Waals surface area contributed by atoms with Crippen LogP contribution in [0.15, 0.2) is 22.9 Å². The molecule has 0 unspecified atom stereocenters. The van der Waals surface area contributed by atoms with Gasteiger partial charge in [0.2, 0.25) is 0 Å². The summed E-state index contributed by atoms with van der Waals surface area (Å²) in [4.78, 5) is 0. The fourth-order valence-corrected chi connectivity index (χ4v) is 2.62. The van der Waals surface area contributed by atoms with E-state index in [1.165, 1.54) is 10.8 Å². The number of thiophene rings is 1. The quantitative estimate of drug-likeness (QED) is 0.613. The number of unbranched alkanes of at least 4 members (excludes halogenated alkanes) is 2. The standard InChI is InChI=1S/C16H22O2S/c1-3-5-7-17-15-9-13-11-19-12-14(13)10-16(15)18-8-6-4-2/h9-12H,3-8H2,1-2H3. The van der Waals surface area contributed by atoms with Gasteiger partial charge < -0.3 is 9.47 Å². The van der Waals surface area contributed by atoms with E-state index in [9.17, 15) is 0 Å². The molecule has 0 saturated heterocycles. The van der Waals surface area contributed by atoms with Crippen LogP contribution in [0.25, 0.3) is 10.8 Å². The Morgan fingerprint density at radius 1 is 0.842 bits per heavy atom. The van der Waals surface area contributed by atoms with Crippen molar-refractivity contribution in [2.45, 2.75) is 39.5 Å². The van der Waals surface area contributed by atoms with E-state index < -0.39 is 0 Å². The van der Waals surface area contributed by atoms with Crippen molar-refractivity contribution in [3.8, 4) is 11.5 Å². The van der Waals surface area contributed by atoms with Gasteiger partial charge in [0.05, 0.1) is 13.2 Å². The Bertz CT molecular complexity index is 460. The number of hydrogen-bond acceptors (Lipinski definition) is 3. The molecule has 19 heavy (non-hydrogen) atoms. The first-order valence-electron chi connectivity index (χ1n) is 7.10. The lowest BCUT2D eigenvalue weighted by Gasteiger charge is -2.13. The summed E-state index contributed by atoms with van der Waals surface area (Å²) in [5.74, 6) is 1.77. The molecule has 0 amide bonds. The molecule has 1 aromatic heterocycles. The molecule has 0 saturated carbocycles. The molecule has 104 valence electrons. The van der Waals surface area contributed by atoms with Gasteiger partial charge in [0.15, 0.2) is 11.5 Å². The van der Waals surface area contributed by atoms with E-state index in [2.05, 4.69) is 36.7 Å². The van der Waals surface area contributed by atoms with E-state index in [1.54, 1.807) is 11.3 Å². The lowest BCUT2D eigenvalue weighted by molar-refractivity contribution is 0.262. The first-order chi connectivity index (χ1) is 9.35. The molecule has 0 bridgehead atoms. The second kappa shape index (κ2) is 7.39. The molecular weight excluding hydrogens is 256 g/mol. The van der Waals surface area contributed by atoms with Crippen LogP contribution in [-0.2, 0) is 0 Å². The highest BCUT2D eigenvalue weighted by atomic mass is 32.1. The minimum absolute atomic E-state index is 0.760. The Kier molecular flexibility index (Phi) is 5.52. The first-order valence-corrected chi connectivity index (χ1v) is 8.05. The topological polar surface area (TPSA) is 18.5 Å². The van der Waals surface area contributed by atoms with Gasteiger partial charge in [-0.15, -0.1) is 0 Å². The maximum absolute atomic E-state index is 5.87. The summed E-state index contributed by atoms with van der Waals surface area (Å²) in [5.41, 5.74) is 0. The van der Waals surface area contributed by atoms with Gasteiger partial charge in [-0.2, -0.15) is 11.3 Å². The average molecular weight is 278 g/mol. The summed E-state index contributed by atoms with van der Waals surface area (Å²) in [6.45, 7) is 5.86. The largest absolute Gasteiger partial charge is 0.490 e. The van der Waals surface area contributed by atoms with Crippen molar-refractivity contribution in [1.29, 1.82) is 0 Å². The van der Waals surface area contributed by atoms with E-state index >= 15 is 0 Å². The summed E-state index contributed by atoms with van der Waals surface area (Å²) in [6, 6.07) is 4.20. The highest BCUT2D eigenvalue weighted by molar-refractivity contribution is 7.09. The molecule has 1 heterocycles. The van der Waals surface area contributed by atoms with Gasteiger partial charge in [-0.25, -0.2) is 0 Å². The number of ether oxygens (including phenoxy) is 2. The van der Waals surface area contributed by atoms with E-state index in [0.717, 1.165) is 50.4 Å². The van der Waals surface area contributed by atoms with Gasteiger partial charge in [0.1, 0.15) is 0 Å². The van der Waals surface area contributed by atoms with Crippen molar-refractivity contribution in [1.82, 2.24) is 0 Å². The van der Waals surface area contributed by atoms with Crippen molar-refractivity contribution < 1.29 is 9.47 Å². The van der Waals surface area contributed by atoms with Crippen LogP contribution in [0.5, 0.6) is 11.5 Å². The molecule has 0 fully saturated rings. The lowest BCUT2D eigenvalue weighted by atomic mass is 10.2. The third-order valence-electron chi connectivity index (χ3n) is 3.05. The molecule has 2 nitrogen and oxygen atoms in total. The van der Waals surface area contributed by atoms with Crippen LogP contribution in [0, 0.1) is 0 Å². The number of hydrogen-bond donors (Lipinski definition) is 0. The van der Waals surface area contributed by atoms with E-state index in [0.29, 0.717) is 0 Å². The Labute approximate surface area is 119 Å². The lowest BCUT2D eigenvalue weighted by Crippen LogP contribution is -2.02. The maximum atomic E-state index is 5.87. The van der Waals surface area contributed by atoms with Crippen LogP contribution in [0.2, 0.25) is 0 Å². The summed E-state index contributed by atoms with van der Waals surface area (Å²) in [5, 5.41) is 6.77. The smallest absolute Gasteiger partial charge is 0.161 e. The minimum Gasteiger partial charge on any atom is -0.490 e. The molecule has 2 rings (SSSR count). The summed E-state index contributed by atoms with van der Waals surface area (Å²) in [6.07, 6.45) is 4.45. The zero-order valence-corrected chi connectivity index (χ0v) is 12.6. The molecule has 2 aromatic rings. The molecule has 0 radical (unpaired) electrons. The molecule has 0 aliphatic heterocycles. The zero-order valence-electron chi connectivity index (χ0n) is 11.8. The zero-order chi connectivity index (χ0) is 13.5. The summed E-state index contributed by atoms with van der Waals surface area (Å²) >= 11 is 1.72. The van der Waals surface area contributed by atoms with Gasteiger partial charge in [0.25, 0.3) is 0 Å². The predicted octanol–water partition coefficient (Wildman–Crippen LogP) is 5.26. The van der Waals surface area contributed by atoms with Crippen LogP contribution >= 0.6 is 11.3 Å². The molecule has 1 aromatic carbocycles. The number of rotatable bonds is 8. The molecule has 0 N–H and O–H groups in total. The van der Waals surface area contributed by atoms with Crippen molar-refractivity contribution in [2.75, 3.05) is 13.2 Å². The van der Waals surface area contributed by atoms with Gasteiger partial charge in [-0.05, 0) is 46.5 Å². The third kappa shape index (κ3) is 3.87. The molecule has 0 aliphatic rings. The predicted molar refractivity (Wildman–Crippen MR) is 82.6 cm³/mol. The van der Waals surface area contributed by atoms with Gasteiger partial charge in [-0.1, -0.05) is 26.7 Å². The summed E-state index contributed by atoms with van der Waals surface area (Å²) < 4.78 is 11.7. The first kappa shape index (κ1) is 14.2. The van der Waals surface area contributed by atoms with Crippen LogP contribution < -0.4 is 9.47 Å². The van der Waals surface area contributed by atoms with Crippen molar-refractivity contribution in [3.63, 3.8) is 0 Å². The average Bonchev–Trinajstić information content (AvgIpc) is 2.86. The maximum Gasteiger partial charge on any atom is 0.161 e. The Balaban J connectivity index is 2.15. The van der Waals surface area contributed by atoms with Crippen LogP contribution in [0.1, 0.15) is 39.5 Å². The van der Waals surface area contributed by atoms with Gasteiger partial charge in [-0.3, -0.25) is 0 Å². The van der Waals surface area contributed by atoms with Gasteiger partial charge >= 0.3 is 0 Å². The number of fused-ring (bicyclic) bond motifs is 1. The Hall–Kier alpha value is -1.22. The second-order valence-electron chi connectivity index (χ2n) is 4.70. The highest BCUT2D eigenvalue weighted by Gasteiger charge is 2.08. The Morgan fingerprint density at radius 3 is 1.74 bits per heavy atom. The molecule has 0 atom stereocenters. The van der Waals surface area contributed by atoms with E-state index in [4.69, 9.17) is 9.47 Å². The normalized spacial score (nSPS) is 10.8. The van der Waals surface area contributed by atoms with E-state index in [1.807, 2.05) is 0 Å². The Morgan fingerprint density at radius 2 is 1.32 bits per heavy atom. The summed E-state index contributed by atoms with van der Waals surface area (Å²) in [7, 11) is 0. The number of benzene rings is 1. The fraction of sp³-hybridized carbons (Fsp3) is 0.500. The van der Waals surface area contributed by atoms with Crippen molar-refractivity contribution in [3.05, 3.63) is 22.9 Å². The minimum atomic E-state index is 0.760. The van der Waals surface area contributed by atoms with Gasteiger partial charge in [0, 0.05) is 0 Å². The molecule has 0 aliphatic carbocycles. The molecule has 0 spiro atoms. The SMILES string of the molecule is CCCCOc1cc2cscc2cc1OCCCC. The van der Waals surface area contributed by atoms with Crippen LogP contribution in [-0.4, -0.2) is 13.2 Å². The molecular formula is C16H22O2S. The van der Waals surface area contributed by atoms with Crippen LogP contribution in [0.4, 0.5) is 0 Å². The second-order valence-corrected chi connectivity index (χ2v) is 5.45. The van der Waals surface area contributed by atoms with E-state index in [-0.39, 0.29) is 0 Å². The highest BCUT2D eigenvalue weighted by Crippen LogP contribution is 2.34. The van der Waals surface area contributed by atoms with Crippen molar-refractivity contribution in [2.24, 2.45) is 0 Å². The van der Waals surface area contributed by atoms with Crippen LogP contribution in [0.3, 0.4) is 0 Å². The third-order valence-corrected chi connectivity index (χ3v) is 3.83.